The molecule has 1 unspecified atom stereocenters. The van der Waals surface area contributed by atoms with Gasteiger partial charge in [0.1, 0.15) is 5.82 Å². The van der Waals surface area contributed by atoms with Crippen molar-refractivity contribution in [1.82, 2.24) is 20.2 Å². The summed E-state index contributed by atoms with van der Waals surface area (Å²) in [5.74, 6) is 0.284. The Morgan fingerprint density at radius 1 is 1.15 bits per heavy atom. The number of aromatic nitrogens is 2. The van der Waals surface area contributed by atoms with Gasteiger partial charge in [0.2, 0.25) is 0 Å². The average Bonchev–Trinajstić information content (AvgIpc) is 3.33. The van der Waals surface area contributed by atoms with E-state index in [1.54, 1.807) is 12.1 Å². The molecule has 2 aliphatic carbocycles. The largest absolute Gasteiger partial charge is 0.334 e. The number of aromatic amines is 1. The van der Waals surface area contributed by atoms with Crippen LogP contribution in [0.5, 0.6) is 0 Å². The van der Waals surface area contributed by atoms with E-state index >= 15 is 0 Å². The molecule has 2 N–H and O–H groups in total. The van der Waals surface area contributed by atoms with E-state index in [4.69, 9.17) is 0 Å². The van der Waals surface area contributed by atoms with E-state index in [0.717, 1.165) is 42.3 Å². The van der Waals surface area contributed by atoms with Gasteiger partial charge >= 0.3 is 0 Å². The third-order valence-corrected chi connectivity index (χ3v) is 7.92. The molecule has 1 aromatic heterocycles. The number of H-pyrrole nitrogens is 1. The van der Waals surface area contributed by atoms with Crippen molar-refractivity contribution in [3.63, 3.8) is 0 Å². The fourth-order valence-electron chi connectivity index (χ4n) is 5.89. The molecule has 3 aromatic rings. The van der Waals surface area contributed by atoms with Gasteiger partial charge < -0.3 is 15.2 Å². The fraction of sp³-hybridized carbons (Fsp3) is 0.500. The highest BCUT2D eigenvalue weighted by Crippen LogP contribution is 2.57. The zero-order valence-electron chi connectivity index (χ0n) is 20.0. The number of hydrogen-bond acceptors (Lipinski definition) is 3. The Kier molecular flexibility index (Phi) is 6.68. The van der Waals surface area contributed by atoms with Crippen molar-refractivity contribution < 1.29 is 9.18 Å². The third-order valence-electron chi connectivity index (χ3n) is 7.92. The number of fused-ring (bicyclic) bond motifs is 1. The summed E-state index contributed by atoms with van der Waals surface area (Å²) in [5.41, 5.74) is 2.96. The molecule has 2 saturated carbocycles. The summed E-state index contributed by atoms with van der Waals surface area (Å²) in [7, 11) is 0. The Morgan fingerprint density at radius 2 is 2.03 bits per heavy atom. The standard InChI is InChI=1S/C28H35FN4O/c1-2-33(27(34)26-31-23-12-5-6-13-24(23)32-26)25-18-28(25)15-7-3-4-11-22(14-16-28)30-19-20-9-8-10-21(29)17-20/h5-6,8-10,12-13,17,22,25,30H,2-4,7,11,14-16,18-19H2,1H3,(H,31,32)/t22?,25-,28+/m0/s1. The molecule has 0 bridgehead atoms. The molecule has 6 heteroatoms. The van der Waals surface area contributed by atoms with Crippen molar-refractivity contribution in [1.29, 1.82) is 0 Å². The predicted octanol–water partition coefficient (Wildman–Crippen LogP) is 5.83. The topological polar surface area (TPSA) is 61.0 Å². The lowest BCUT2D eigenvalue weighted by Crippen LogP contribution is -2.37. The molecule has 1 amide bonds. The number of nitrogens with zero attached hydrogens (tertiary/aromatic N) is 2. The molecule has 1 spiro atoms. The van der Waals surface area contributed by atoms with Crippen LogP contribution in [0.15, 0.2) is 48.5 Å². The van der Waals surface area contributed by atoms with Crippen LogP contribution in [-0.2, 0) is 6.54 Å². The van der Waals surface area contributed by atoms with Gasteiger partial charge in [-0.15, -0.1) is 0 Å². The summed E-state index contributed by atoms with van der Waals surface area (Å²) in [6, 6.07) is 15.4. The quantitative estimate of drug-likeness (QED) is 0.485. The normalized spacial score (nSPS) is 25.0. The minimum atomic E-state index is -0.178. The Labute approximate surface area is 201 Å². The van der Waals surface area contributed by atoms with Crippen LogP contribution < -0.4 is 5.32 Å². The molecule has 3 atom stereocenters. The van der Waals surface area contributed by atoms with Gasteiger partial charge in [0, 0.05) is 25.2 Å². The number of para-hydroxylation sites is 2. The fourth-order valence-corrected chi connectivity index (χ4v) is 5.89. The number of carbonyl (C=O) groups excluding carboxylic acids is 1. The third kappa shape index (κ3) is 4.88. The van der Waals surface area contributed by atoms with Crippen LogP contribution in [0.1, 0.15) is 74.5 Å². The van der Waals surface area contributed by atoms with Gasteiger partial charge in [-0.2, -0.15) is 0 Å². The number of amides is 1. The summed E-state index contributed by atoms with van der Waals surface area (Å²) in [5, 5.41) is 3.69. The zero-order valence-corrected chi connectivity index (χ0v) is 20.0. The van der Waals surface area contributed by atoms with Crippen molar-refractivity contribution >= 4 is 16.9 Å². The molecular weight excluding hydrogens is 427 g/mol. The van der Waals surface area contributed by atoms with E-state index in [1.807, 2.05) is 35.2 Å². The van der Waals surface area contributed by atoms with Crippen molar-refractivity contribution in [2.75, 3.05) is 6.54 Å². The van der Waals surface area contributed by atoms with Gasteiger partial charge in [-0.05, 0) is 74.3 Å². The lowest BCUT2D eigenvalue weighted by Gasteiger charge is -2.26. The lowest BCUT2D eigenvalue weighted by molar-refractivity contribution is 0.0710. The van der Waals surface area contributed by atoms with Gasteiger partial charge in [0.15, 0.2) is 5.82 Å². The molecule has 5 rings (SSSR count). The molecule has 2 fully saturated rings. The Balaban J connectivity index is 1.25. The minimum Gasteiger partial charge on any atom is -0.334 e. The first-order valence-electron chi connectivity index (χ1n) is 12.8. The second kappa shape index (κ2) is 9.87. The molecule has 5 nitrogen and oxygen atoms in total. The molecule has 180 valence electrons. The van der Waals surface area contributed by atoms with Crippen molar-refractivity contribution in [3.05, 3.63) is 65.7 Å². The molecular formula is C28H35FN4O. The van der Waals surface area contributed by atoms with Gasteiger partial charge in [-0.1, -0.05) is 43.5 Å². The molecule has 0 aliphatic heterocycles. The van der Waals surface area contributed by atoms with E-state index in [0.29, 0.717) is 31.0 Å². The first-order valence-corrected chi connectivity index (χ1v) is 12.8. The average molecular weight is 463 g/mol. The predicted molar refractivity (Wildman–Crippen MR) is 133 cm³/mol. The van der Waals surface area contributed by atoms with Crippen LogP contribution >= 0.6 is 0 Å². The van der Waals surface area contributed by atoms with Crippen molar-refractivity contribution in [2.45, 2.75) is 76.9 Å². The summed E-state index contributed by atoms with van der Waals surface area (Å²) in [6.45, 7) is 3.47. The van der Waals surface area contributed by atoms with Gasteiger partial charge in [-0.25, -0.2) is 9.37 Å². The molecule has 0 saturated heterocycles. The van der Waals surface area contributed by atoms with Crippen LogP contribution in [0.4, 0.5) is 4.39 Å². The maximum absolute atomic E-state index is 13.5. The van der Waals surface area contributed by atoms with E-state index in [9.17, 15) is 9.18 Å². The van der Waals surface area contributed by atoms with Crippen molar-refractivity contribution in [2.24, 2.45) is 5.41 Å². The SMILES string of the molecule is CCN(C(=O)c1nc2ccccc2[nH]1)[C@H]1C[C@]12CCCCCC(NCc1cccc(F)c1)CC2. The molecule has 34 heavy (non-hydrogen) atoms. The van der Waals surface area contributed by atoms with Crippen LogP contribution in [-0.4, -0.2) is 39.4 Å². The first kappa shape index (κ1) is 23.0. The maximum Gasteiger partial charge on any atom is 0.289 e. The number of nitrogens with one attached hydrogen (secondary N) is 2. The van der Waals surface area contributed by atoms with E-state index in [1.165, 1.54) is 31.7 Å². The van der Waals surface area contributed by atoms with Gasteiger partial charge in [0.05, 0.1) is 11.0 Å². The maximum atomic E-state index is 13.5. The van der Waals surface area contributed by atoms with Crippen LogP contribution in [0.3, 0.4) is 0 Å². The number of carbonyl (C=O) groups is 1. The Morgan fingerprint density at radius 3 is 2.85 bits per heavy atom. The number of benzene rings is 2. The minimum absolute atomic E-state index is 0.0150. The molecule has 0 radical (unpaired) electrons. The van der Waals surface area contributed by atoms with Crippen LogP contribution in [0.25, 0.3) is 11.0 Å². The summed E-state index contributed by atoms with van der Waals surface area (Å²) >= 11 is 0. The highest BCUT2D eigenvalue weighted by atomic mass is 19.1. The van der Waals surface area contributed by atoms with Crippen LogP contribution in [0.2, 0.25) is 0 Å². The summed E-state index contributed by atoms with van der Waals surface area (Å²) in [4.78, 5) is 23.2. The van der Waals surface area contributed by atoms with E-state index in [-0.39, 0.29) is 17.1 Å². The zero-order chi connectivity index (χ0) is 23.5. The Hall–Kier alpha value is -2.73. The summed E-state index contributed by atoms with van der Waals surface area (Å²) < 4.78 is 13.5. The molecule has 2 aromatic carbocycles. The van der Waals surface area contributed by atoms with Crippen LogP contribution in [0, 0.1) is 11.2 Å². The Bertz CT molecular complexity index is 1110. The highest BCUT2D eigenvalue weighted by Gasteiger charge is 2.57. The smallest absolute Gasteiger partial charge is 0.289 e. The number of hydrogen-bond donors (Lipinski definition) is 2. The van der Waals surface area contributed by atoms with Crippen molar-refractivity contribution in [3.8, 4) is 0 Å². The lowest BCUT2D eigenvalue weighted by atomic mass is 9.91. The number of rotatable bonds is 6. The number of imidazole rings is 1. The number of halogens is 1. The highest BCUT2D eigenvalue weighted by molar-refractivity contribution is 5.94. The second-order valence-corrected chi connectivity index (χ2v) is 10.1. The van der Waals surface area contributed by atoms with E-state index in [2.05, 4.69) is 22.2 Å². The molecule has 2 aliphatic rings. The van der Waals surface area contributed by atoms with Gasteiger partial charge in [0.25, 0.3) is 5.91 Å². The van der Waals surface area contributed by atoms with E-state index < -0.39 is 0 Å². The second-order valence-electron chi connectivity index (χ2n) is 10.1. The molecule has 1 heterocycles. The monoisotopic (exact) mass is 462 g/mol. The first-order chi connectivity index (χ1) is 16.6. The summed E-state index contributed by atoms with van der Waals surface area (Å²) in [6.07, 6.45) is 9.34. The van der Waals surface area contributed by atoms with Gasteiger partial charge in [-0.3, -0.25) is 4.79 Å².